The highest BCUT2D eigenvalue weighted by Gasteiger charge is 2.40. The molecule has 1 aliphatic rings. The van der Waals surface area contributed by atoms with Crippen LogP contribution in [0.1, 0.15) is 42.5 Å². The number of hydrogen-bond acceptors (Lipinski definition) is 3. The van der Waals surface area contributed by atoms with Crippen molar-refractivity contribution in [3.63, 3.8) is 0 Å². The Bertz CT molecular complexity index is 854. The molecule has 5 nitrogen and oxygen atoms in total. The molecule has 2 N–H and O–H groups in total. The van der Waals surface area contributed by atoms with E-state index in [-0.39, 0.29) is 11.8 Å². The van der Waals surface area contributed by atoms with Crippen LogP contribution in [0.5, 0.6) is 0 Å². The third-order valence-electron chi connectivity index (χ3n) is 5.54. The molecule has 0 aromatic heterocycles. The Hall–Kier alpha value is -2.82. The predicted molar refractivity (Wildman–Crippen MR) is 114 cm³/mol. The lowest BCUT2D eigenvalue weighted by Crippen LogP contribution is -2.59. The first-order chi connectivity index (χ1) is 13.5. The fourth-order valence-corrected chi connectivity index (χ4v) is 4.03. The molecule has 0 saturated heterocycles. The van der Waals surface area contributed by atoms with Gasteiger partial charge in [-0.25, -0.2) is 0 Å². The zero-order valence-corrected chi connectivity index (χ0v) is 16.9. The minimum absolute atomic E-state index is 0.102. The molecule has 0 radical (unpaired) electrons. The molecule has 0 unspecified atom stereocenters. The monoisotopic (exact) mass is 379 g/mol. The minimum Gasteiger partial charge on any atom is -0.377 e. The fraction of sp³-hybridized carbons (Fsp3) is 0.391. The van der Waals surface area contributed by atoms with Crippen molar-refractivity contribution in [2.75, 3.05) is 26.0 Å². The number of nitrogens with one attached hydrogen (secondary N) is 2. The molecular formula is C23H29N3O2. The van der Waals surface area contributed by atoms with E-state index in [1.165, 1.54) is 0 Å². The average Bonchev–Trinajstić information content (AvgIpc) is 2.73. The molecule has 1 aliphatic carbocycles. The van der Waals surface area contributed by atoms with Gasteiger partial charge < -0.3 is 15.5 Å². The van der Waals surface area contributed by atoms with Gasteiger partial charge in [0.2, 0.25) is 5.91 Å². The first-order valence-electron chi connectivity index (χ1n) is 9.88. The standard InChI is InChI=1S/C23H29N3O2/c1-24-22(28)23(14-7-4-8-15-23)25-21(27)18-11-9-10-17(16-18)19-12-5-6-13-20(19)26(2)3/h5-6,9-13,16H,4,7-8,14-15H2,1-3H3,(H,24,28)(H,25,27). The Morgan fingerprint density at radius 2 is 1.68 bits per heavy atom. The molecule has 3 rings (SSSR count). The van der Waals surface area contributed by atoms with E-state index in [2.05, 4.69) is 27.7 Å². The third kappa shape index (κ3) is 4.03. The molecule has 0 aliphatic heterocycles. The van der Waals surface area contributed by atoms with Gasteiger partial charge in [-0.15, -0.1) is 0 Å². The number of amides is 2. The summed E-state index contributed by atoms with van der Waals surface area (Å²) in [6.45, 7) is 0. The minimum atomic E-state index is -0.804. The molecule has 2 amide bonds. The van der Waals surface area contributed by atoms with Gasteiger partial charge >= 0.3 is 0 Å². The van der Waals surface area contributed by atoms with Gasteiger partial charge in [-0.1, -0.05) is 49.6 Å². The number of para-hydroxylation sites is 1. The van der Waals surface area contributed by atoms with Gasteiger partial charge in [-0.2, -0.15) is 0 Å². The van der Waals surface area contributed by atoms with Gasteiger partial charge in [-0.3, -0.25) is 9.59 Å². The van der Waals surface area contributed by atoms with Crippen molar-refractivity contribution in [2.45, 2.75) is 37.6 Å². The Morgan fingerprint density at radius 3 is 2.36 bits per heavy atom. The second kappa shape index (κ2) is 8.46. The number of hydrogen-bond donors (Lipinski definition) is 2. The highest BCUT2D eigenvalue weighted by Crippen LogP contribution is 2.31. The molecule has 0 heterocycles. The van der Waals surface area contributed by atoms with Crippen molar-refractivity contribution in [2.24, 2.45) is 0 Å². The predicted octanol–water partition coefficient (Wildman–Crippen LogP) is 3.60. The summed E-state index contributed by atoms with van der Waals surface area (Å²) < 4.78 is 0. The van der Waals surface area contributed by atoms with Crippen LogP contribution in [0.2, 0.25) is 0 Å². The Morgan fingerprint density at radius 1 is 0.964 bits per heavy atom. The normalized spacial score (nSPS) is 15.5. The quantitative estimate of drug-likeness (QED) is 0.834. The third-order valence-corrected chi connectivity index (χ3v) is 5.54. The molecule has 0 bridgehead atoms. The highest BCUT2D eigenvalue weighted by atomic mass is 16.2. The summed E-state index contributed by atoms with van der Waals surface area (Å²) in [5.74, 6) is -0.302. The van der Waals surface area contributed by atoms with Gasteiger partial charge in [-0.05, 0) is 36.6 Å². The molecule has 28 heavy (non-hydrogen) atoms. The van der Waals surface area contributed by atoms with Crippen LogP contribution in [0.25, 0.3) is 11.1 Å². The van der Waals surface area contributed by atoms with Crippen molar-refractivity contribution in [1.29, 1.82) is 0 Å². The van der Waals surface area contributed by atoms with Crippen molar-refractivity contribution < 1.29 is 9.59 Å². The van der Waals surface area contributed by atoms with E-state index in [1.54, 1.807) is 13.1 Å². The van der Waals surface area contributed by atoms with Gasteiger partial charge in [0.05, 0.1) is 0 Å². The second-order valence-electron chi connectivity index (χ2n) is 7.67. The summed E-state index contributed by atoms with van der Waals surface area (Å²) in [7, 11) is 5.64. The molecule has 2 aromatic rings. The Kier molecular flexibility index (Phi) is 6.02. The Labute approximate surface area is 167 Å². The molecule has 2 aromatic carbocycles. The van der Waals surface area contributed by atoms with E-state index in [0.29, 0.717) is 18.4 Å². The van der Waals surface area contributed by atoms with E-state index in [4.69, 9.17) is 0 Å². The summed E-state index contributed by atoms with van der Waals surface area (Å²) in [5.41, 5.74) is 2.91. The molecule has 5 heteroatoms. The zero-order valence-electron chi connectivity index (χ0n) is 16.9. The van der Waals surface area contributed by atoms with Crippen molar-refractivity contribution in [3.8, 4) is 11.1 Å². The number of benzene rings is 2. The van der Waals surface area contributed by atoms with Crippen molar-refractivity contribution >= 4 is 17.5 Å². The number of anilines is 1. The SMILES string of the molecule is CNC(=O)C1(NC(=O)c2cccc(-c3ccccc3N(C)C)c2)CCCCC1. The van der Waals surface area contributed by atoms with Crippen LogP contribution >= 0.6 is 0 Å². The molecule has 0 spiro atoms. The highest BCUT2D eigenvalue weighted by molar-refractivity contribution is 6.00. The van der Waals surface area contributed by atoms with Crippen LogP contribution in [0.3, 0.4) is 0 Å². The summed E-state index contributed by atoms with van der Waals surface area (Å²) in [6, 6.07) is 15.7. The van der Waals surface area contributed by atoms with Gasteiger partial charge in [0.15, 0.2) is 0 Å². The molecule has 1 fully saturated rings. The van der Waals surface area contributed by atoms with E-state index >= 15 is 0 Å². The lowest BCUT2D eigenvalue weighted by molar-refractivity contribution is -0.128. The van der Waals surface area contributed by atoms with E-state index in [0.717, 1.165) is 36.1 Å². The molecule has 0 atom stereocenters. The molecule has 1 saturated carbocycles. The maximum absolute atomic E-state index is 13.0. The largest absolute Gasteiger partial charge is 0.377 e. The summed E-state index contributed by atoms with van der Waals surface area (Å²) in [4.78, 5) is 27.6. The van der Waals surface area contributed by atoms with Gasteiger partial charge in [0, 0.05) is 38.0 Å². The summed E-state index contributed by atoms with van der Waals surface area (Å²) in [6.07, 6.45) is 4.36. The van der Waals surface area contributed by atoms with Crippen molar-refractivity contribution in [1.82, 2.24) is 10.6 Å². The number of carbonyl (C=O) groups is 2. The fourth-order valence-electron chi connectivity index (χ4n) is 4.03. The number of likely N-dealkylation sites (N-methyl/N-ethyl adjacent to an activating group) is 1. The van der Waals surface area contributed by atoms with E-state index < -0.39 is 5.54 Å². The lowest BCUT2D eigenvalue weighted by atomic mass is 9.80. The average molecular weight is 380 g/mol. The first kappa shape index (κ1) is 19.9. The Balaban J connectivity index is 1.90. The number of nitrogens with zero attached hydrogens (tertiary/aromatic N) is 1. The van der Waals surface area contributed by atoms with Crippen LogP contribution in [-0.2, 0) is 4.79 Å². The van der Waals surface area contributed by atoms with E-state index in [1.807, 2.05) is 44.4 Å². The second-order valence-corrected chi connectivity index (χ2v) is 7.67. The van der Waals surface area contributed by atoms with Crippen molar-refractivity contribution in [3.05, 3.63) is 54.1 Å². The lowest BCUT2D eigenvalue weighted by Gasteiger charge is -2.36. The van der Waals surface area contributed by atoms with E-state index in [9.17, 15) is 9.59 Å². The van der Waals surface area contributed by atoms with Crippen LogP contribution in [0.4, 0.5) is 5.69 Å². The smallest absolute Gasteiger partial charge is 0.252 e. The van der Waals surface area contributed by atoms with Crippen LogP contribution in [0, 0.1) is 0 Å². The van der Waals surface area contributed by atoms with Gasteiger partial charge in [0.1, 0.15) is 5.54 Å². The molecular weight excluding hydrogens is 350 g/mol. The maximum Gasteiger partial charge on any atom is 0.252 e. The zero-order chi connectivity index (χ0) is 20.1. The maximum atomic E-state index is 13.0. The first-order valence-corrected chi connectivity index (χ1v) is 9.88. The van der Waals surface area contributed by atoms with Gasteiger partial charge in [0.25, 0.3) is 5.91 Å². The number of carbonyl (C=O) groups excluding carboxylic acids is 2. The van der Waals surface area contributed by atoms with Crippen LogP contribution < -0.4 is 15.5 Å². The molecule has 148 valence electrons. The van der Waals surface area contributed by atoms with Crippen LogP contribution in [-0.4, -0.2) is 38.5 Å². The van der Waals surface area contributed by atoms with Crippen LogP contribution in [0.15, 0.2) is 48.5 Å². The summed E-state index contributed by atoms with van der Waals surface area (Å²) >= 11 is 0. The summed E-state index contributed by atoms with van der Waals surface area (Å²) in [5, 5.41) is 5.78. The topological polar surface area (TPSA) is 61.4 Å². The number of rotatable bonds is 5.